The van der Waals surface area contributed by atoms with Crippen LogP contribution in [0.4, 0.5) is 5.13 Å². The molecule has 0 aromatic carbocycles. The Balaban J connectivity index is 2.00. The third-order valence-electron chi connectivity index (χ3n) is 2.68. The summed E-state index contributed by atoms with van der Waals surface area (Å²) in [6.45, 7) is 0.490. The molecule has 2 heterocycles. The minimum Gasteiger partial charge on any atom is -0.481 e. The predicted molar refractivity (Wildman–Crippen MR) is 68.4 cm³/mol. The van der Waals surface area contributed by atoms with Gasteiger partial charge in [-0.25, -0.2) is 17.7 Å². The van der Waals surface area contributed by atoms with E-state index >= 15 is 0 Å². The summed E-state index contributed by atoms with van der Waals surface area (Å²) < 4.78 is 24.7. The van der Waals surface area contributed by atoms with E-state index in [1.165, 1.54) is 15.6 Å². The van der Waals surface area contributed by atoms with E-state index in [9.17, 15) is 13.2 Å². The van der Waals surface area contributed by atoms with Crippen molar-refractivity contribution in [3.63, 3.8) is 0 Å². The van der Waals surface area contributed by atoms with Crippen molar-refractivity contribution < 1.29 is 18.3 Å². The van der Waals surface area contributed by atoms with E-state index in [0.29, 0.717) is 30.9 Å². The molecule has 1 aromatic rings. The van der Waals surface area contributed by atoms with E-state index in [4.69, 9.17) is 5.11 Å². The lowest BCUT2D eigenvalue weighted by atomic mass is 10.2. The maximum Gasteiger partial charge on any atom is 0.303 e. The van der Waals surface area contributed by atoms with Gasteiger partial charge in [-0.2, -0.15) is 0 Å². The highest BCUT2D eigenvalue weighted by molar-refractivity contribution is 7.93. The number of hydrogen-bond acceptors (Lipinski definition) is 5. The highest BCUT2D eigenvalue weighted by atomic mass is 32.2. The lowest BCUT2D eigenvalue weighted by Crippen LogP contribution is -2.24. The molecule has 1 saturated heterocycles. The van der Waals surface area contributed by atoms with Crippen LogP contribution in [0.2, 0.25) is 0 Å². The number of aromatic nitrogens is 1. The molecular weight excluding hydrogens is 276 g/mol. The van der Waals surface area contributed by atoms with Gasteiger partial charge in [0.05, 0.1) is 11.4 Å². The SMILES string of the molecule is O=C(O)CCCc1csc(N2CCCS2(=O)=O)n1. The molecule has 0 radical (unpaired) electrons. The third kappa shape index (κ3) is 2.99. The van der Waals surface area contributed by atoms with Crippen LogP contribution in [0.15, 0.2) is 5.38 Å². The highest BCUT2D eigenvalue weighted by Gasteiger charge is 2.30. The van der Waals surface area contributed by atoms with Gasteiger partial charge in [-0.05, 0) is 19.3 Å². The standard InChI is InChI=1S/C10H14N2O4S2/c13-9(14)4-1-3-8-7-17-10(11-8)12-5-2-6-18(12,15)16/h7H,1-6H2,(H,13,14). The van der Waals surface area contributed by atoms with Gasteiger partial charge in [0, 0.05) is 18.3 Å². The van der Waals surface area contributed by atoms with E-state index in [-0.39, 0.29) is 12.2 Å². The molecule has 1 aliphatic rings. The number of sulfonamides is 1. The van der Waals surface area contributed by atoms with Crippen LogP contribution in [0.3, 0.4) is 0 Å². The maximum absolute atomic E-state index is 11.7. The minimum atomic E-state index is -3.17. The summed E-state index contributed by atoms with van der Waals surface area (Å²) in [5.74, 6) is -0.645. The van der Waals surface area contributed by atoms with Gasteiger partial charge in [-0.1, -0.05) is 0 Å². The molecule has 0 saturated carbocycles. The predicted octanol–water partition coefficient (Wildman–Crippen LogP) is 1.09. The van der Waals surface area contributed by atoms with Crippen molar-refractivity contribution in [2.75, 3.05) is 16.6 Å². The maximum atomic E-state index is 11.7. The molecule has 100 valence electrons. The van der Waals surface area contributed by atoms with Crippen LogP contribution in [0, 0.1) is 0 Å². The number of nitrogens with zero attached hydrogens (tertiary/aromatic N) is 2. The number of thiazole rings is 1. The first-order chi connectivity index (χ1) is 8.49. The molecule has 1 N–H and O–H groups in total. The largest absolute Gasteiger partial charge is 0.481 e. The van der Waals surface area contributed by atoms with Crippen LogP contribution >= 0.6 is 11.3 Å². The van der Waals surface area contributed by atoms with Crippen molar-refractivity contribution in [1.29, 1.82) is 0 Å². The minimum absolute atomic E-state index is 0.106. The van der Waals surface area contributed by atoms with Crippen molar-refractivity contribution in [2.24, 2.45) is 0 Å². The molecule has 0 spiro atoms. The van der Waals surface area contributed by atoms with Gasteiger partial charge < -0.3 is 5.11 Å². The van der Waals surface area contributed by atoms with E-state index in [0.717, 1.165) is 5.69 Å². The first kappa shape index (κ1) is 13.3. The highest BCUT2D eigenvalue weighted by Crippen LogP contribution is 2.27. The lowest BCUT2D eigenvalue weighted by Gasteiger charge is -2.11. The fourth-order valence-electron chi connectivity index (χ4n) is 1.80. The van der Waals surface area contributed by atoms with E-state index < -0.39 is 16.0 Å². The van der Waals surface area contributed by atoms with Gasteiger partial charge in [0.2, 0.25) is 10.0 Å². The summed E-state index contributed by atoms with van der Waals surface area (Å²) in [6.07, 6.45) is 1.83. The Kier molecular flexibility index (Phi) is 3.86. The smallest absolute Gasteiger partial charge is 0.303 e. The molecule has 6 nitrogen and oxygen atoms in total. The first-order valence-corrected chi connectivity index (χ1v) is 8.14. The second-order valence-electron chi connectivity index (χ2n) is 4.11. The van der Waals surface area contributed by atoms with Gasteiger partial charge in [0.1, 0.15) is 0 Å². The Labute approximate surface area is 109 Å². The quantitative estimate of drug-likeness (QED) is 0.877. The zero-order chi connectivity index (χ0) is 13.2. The zero-order valence-corrected chi connectivity index (χ0v) is 11.3. The monoisotopic (exact) mass is 290 g/mol. The molecule has 0 atom stereocenters. The number of carbonyl (C=O) groups is 1. The van der Waals surface area contributed by atoms with Crippen molar-refractivity contribution in [3.05, 3.63) is 11.1 Å². The molecule has 1 aromatic heterocycles. The average Bonchev–Trinajstić information content (AvgIpc) is 2.83. The summed E-state index contributed by atoms with van der Waals surface area (Å²) in [6, 6.07) is 0. The molecular formula is C10H14N2O4S2. The van der Waals surface area contributed by atoms with Crippen LogP contribution in [0.1, 0.15) is 25.0 Å². The average molecular weight is 290 g/mol. The van der Waals surface area contributed by atoms with Crippen LogP contribution in [0.25, 0.3) is 0 Å². The van der Waals surface area contributed by atoms with Crippen molar-refractivity contribution in [2.45, 2.75) is 25.7 Å². The summed E-state index contributed by atoms with van der Waals surface area (Å²) in [5.41, 5.74) is 0.762. The molecule has 2 rings (SSSR count). The summed E-state index contributed by atoms with van der Waals surface area (Å²) in [4.78, 5) is 14.6. The molecule has 1 fully saturated rings. The number of hydrogen-bond donors (Lipinski definition) is 1. The van der Waals surface area contributed by atoms with Gasteiger partial charge in [-0.15, -0.1) is 11.3 Å². The van der Waals surface area contributed by atoms with Crippen LogP contribution in [-0.4, -0.2) is 36.8 Å². The molecule has 0 amide bonds. The summed E-state index contributed by atoms with van der Waals surface area (Å²) in [7, 11) is -3.17. The van der Waals surface area contributed by atoms with Gasteiger partial charge in [0.25, 0.3) is 0 Å². The van der Waals surface area contributed by atoms with Crippen molar-refractivity contribution in [1.82, 2.24) is 4.98 Å². The fourth-order valence-corrected chi connectivity index (χ4v) is 4.46. The van der Waals surface area contributed by atoms with Crippen LogP contribution in [0.5, 0.6) is 0 Å². The van der Waals surface area contributed by atoms with E-state index in [1.54, 1.807) is 5.38 Å². The lowest BCUT2D eigenvalue weighted by molar-refractivity contribution is -0.137. The Morgan fingerprint density at radius 3 is 2.94 bits per heavy atom. The summed E-state index contributed by atoms with van der Waals surface area (Å²) in [5, 5.41) is 10.8. The number of carboxylic acids is 1. The van der Waals surface area contributed by atoms with Gasteiger partial charge >= 0.3 is 5.97 Å². The van der Waals surface area contributed by atoms with E-state index in [2.05, 4.69) is 4.98 Å². The Bertz CT molecular complexity index is 538. The van der Waals surface area contributed by atoms with E-state index in [1.807, 2.05) is 0 Å². The Morgan fingerprint density at radius 1 is 1.56 bits per heavy atom. The Morgan fingerprint density at radius 2 is 2.33 bits per heavy atom. The third-order valence-corrected chi connectivity index (χ3v) is 5.54. The molecule has 1 aliphatic heterocycles. The normalized spacial score (nSPS) is 18.1. The topological polar surface area (TPSA) is 87.6 Å². The zero-order valence-electron chi connectivity index (χ0n) is 9.70. The summed E-state index contributed by atoms with van der Waals surface area (Å²) >= 11 is 1.30. The van der Waals surface area contributed by atoms with Crippen molar-refractivity contribution >= 4 is 32.5 Å². The van der Waals surface area contributed by atoms with Crippen LogP contribution < -0.4 is 4.31 Å². The molecule has 0 aliphatic carbocycles. The second kappa shape index (κ2) is 5.23. The van der Waals surface area contributed by atoms with Gasteiger partial charge in [0.15, 0.2) is 5.13 Å². The number of anilines is 1. The number of aryl methyl sites for hydroxylation is 1. The number of aliphatic carboxylic acids is 1. The molecule has 8 heteroatoms. The number of carboxylic acid groups (broad SMARTS) is 1. The fraction of sp³-hybridized carbons (Fsp3) is 0.600. The molecule has 0 unspecified atom stereocenters. The molecule has 0 bridgehead atoms. The van der Waals surface area contributed by atoms with Crippen LogP contribution in [-0.2, 0) is 21.2 Å². The first-order valence-electron chi connectivity index (χ1n) is 5.65. The molecule has 18 heavy (non-hydrogen) atoms. The number of rotatable bonds is 5. The van der Waals surface area contributed by atoms with Gasteiger partial charge in [-0.3, -0.25) is 4.79 Å². The Hall–Kier alpha value is -1.15. The van der Waals surface area contributed by atoms with Crippen molar-refractivity contribution in [3.8, 4) is 0 Å². The second-order valence-corrected chi connectivity index (χ2v) is 6.96.